The molecule has 90 valence electrons. The van der Waals surface area contributed by atoms with Gasteiger partial charge in [0.1, 0.15) is 0 Å². The van der Waals surface area contributed by atoms with Crippen molar-refractivity contribution in [2.24, 2.45) is 4.40 Å². The number of benzene rings is 1. The van der Waals surface area contributed by atoms with E-state index in [1.54, 1.807) is 45.0 Å². The summed E-state index contributed by atoms with van der Waals surface area (Å²) in [5.74, 6) is 0. The first-order chi connectivity index (χ1) is 7.76. The van der Waals surface area contributed by atoms with Gasteiger partial charge in [0.05, 0.1) is 16.4 Å². The molecule has 0 aromatic heterocycles. The summed E-state index contributed by atoms with van der Waals surface area (Å²) in [4.78, 5) is 0. The standard InChI is InChI=1S/C12H14N2O2S/c1-12(2,3)17(15,16)14-9-11-6-4-5-10(7-11)8-13/h4-7,9H,1-3H3. The van der Waals surface area contributed by atoms with E-state index in [-0.39, 0.29) is 0 Å². The van der Waals surface area contributed by atoms with Crippen molar-refractivity contribution < 1.29 is 8.42 Å². The summed E-state index contributed by atoms with van der Waals surface area (Å²) in [6.45, 7) is 4.77. The van der Waals surface area contributed by atoms with E-state index in [2.05, 4.69) is 4.40 Å². The number of nitriles is 1. The highest BCUT2D eigenvalue weighted by atomic mass is 32.2. The van der Waals surface area contributed by atoms with Crippen molar-refractivity contribution in [2.45, 2.75) is 25.5 Å². The van der Waals surface area contributed by atoms with Gasteiger partial charge in [-0.2, -0.15) is 9.66 Å². The molecular weight excluding hydrogens is 236 g/mol. The van der Waals surface area contributed by atoms with Gasteiger partial charge < -0.3 is 0 Å². The third kappa shape index (κ3) is 3.40. The molecule has 0 fully saturated rings. The predicted molar refractivity (Wildman–Crippen MR) is 67.4 cm³/mol. The van der Waals surface area contributed by atoms with Crippen LogP contribution in [0, 0.1) is 11.3 Å². The lowest BCUT2D eigenvalue weighted by molar-refractivity contribution is 0.562. The van der Waals surface area contributed by atoms with Crippen LogP contribution in [0.2, 0.25) is 0 Å². The van der Waals surface area contributed by atoms with Gasteiger partial charge in [-0.1, -0.05) is 12.1 Å². The molecule has 5 heteroatoms. The molecule has 0 radical (unpaired) electrons. The average Bonchev–Trinajstić information content (AvgIpc) is 2.25. The molecule has 0 N–H and O–H groups in total. The number of hydrogen-bond donors (Lipinski definition) is 0. The van der Waals surface area contributed by atoms with Crippen LogP contribution in [0.1, 0.15) is 31.9 Å². The van der Waals surface area contributed by atoms with Crippen LogP contribution in [0.4, 0.5) is 0 Å². The Kier molecular flexibility index (Phi) is 3.69. The second-order valence-electron chi connectivity index (χ2n) is 4.56. The Labute approximate surface area is 102 Å². The fraction of sp³-hybridized carbons (Fsp3) is 0.333. The van der Waals surface area contributed by atoms with Crippen molar-refractivity contribution in [1.82, 2.24) is 0 Å². The van der Waals surface area contributed by atoms with Crippen LogP contribution in [0.5, 0.6) is 0 Å². The number of sulfonamides is 1. The lowest BCUT2D eigenvalue weighted by Gasteiger charge is -2.14. The second-order valence-corrected chi connectivity index (χ2v) is 6.94. The van der Waals surface area contributed by atoms with E-state index in [1.165, 1.54) is 6.21 Å². The molecular formula is C12H14N2O2S. The molecule has 0 aliphatic rings. The predicted octanol–water partition coefficient (Wildman–Crippen LogP) is 2.11. The molecule has 0 unspecified atom stereocenters. The summed E-state index contributed by atoms with van der Waals surface area (Å²) in [5, 5.41) is 8.71. The average molecular weight is 250 g/mol. The van der Waals surface area contributed by atoms with Crippen molar-refractivity contribution in [1.29, 1.82) is 5.26 Å². The van der Waals surface area contributed by atoms with Crippen LogP contribution >= 0.6 is 0 Å². The molecule has 4 nitrogen and oxygen atoms in total. The van der Waals surface area contributed by atoms with Crippen LogP contribution in [0.15, 0.2) is 28.7 Å². The lowest BCUT2D eigenvalue weighted by Crippen LogP contribution is -2.25. The summed E-state index contributed by atoms with van der Waals surface area (Å²) >= 11 is 0. The smallest absolute Gasteiger partial charge is 0.204 e. The zero-order valence-corrected chi connectivity index (χ0v) is 10.8. The monoisotopic (exact) mass is 250 g/mol. The molecule has 0 saturated heterocycles. The van der Waals surface area contributed by atoms with E-state index < -0.39 is 14.8 Å². The summed E-state index contributed by atoms with van der Waals surface area (Å²) in [6, 6.07) is 8.60. The van der Waals surface area contributed by atoms with Crippen molar-refractivity contribution in [3.8, 4) is 6.07 Å². The Balaban J connectivity index is 3.04. The first-order valence-electron chi connectivity index (χ1n) is 5.06. The van der Waals surface area contributed by atoms with Gasteiger partial charge in [0.15, 0.2) is 0 Å². The van der Waals surface area contributed by atoms with Gasteiger partial charge >= 0.3 is 0 Å². The van der Waals surface area contributed by atoms with Gasteiger partial charge in [-0.3, -0.25) is 0 Å². The Morgan fingerprint density at radius 1 is 1.35 bits per heavy atom. The Hall–Kier alpha value is -1.67. The molecule has 17 heavy (non-hydrogen) atoms. The maximum atomic E-state index is 11.7. The first kappa shape index (κ1) is 13.4. The van der Waals surface area contributed by atoms with Gasteiger partial charge in [-0.15, -0.1) is 0 Å². The minimum Gasteiger partial charge on any atom is -0.204 e. The minimum absolute atomic E-state index is 0.474. The van der Waals surface area contributed by atoms with E-state index in [4.69, 9.17) is 5.26 Å². The molecule has 0 atom stereocenters. The topological polar surface area (TPSA) is 70.3 Å². The molecule has 1 rings (SSSR count). The van der Waals surface area contributed by atoms with Crippen LogP contribution < -0.4 is 0 Å². The number of nitrogens with zero attached hydrogens (tertiary/aromatic N) is 2. The molecule has 0 spiro atoms. The zero-order chi connectivity index (χ0) is 13.1. The SMILES string of the molecule is CC(C)(C)S(=O)(=O)N=Cc1cccc(C#N)c1. The van der Waals surface area contributed by atoms with Crippen molar-refractivity contribution in [3.63, 3.8) is 0 Å². The van der Waals surface area contributed by atoms with Crippen molar-refractivity contribution >= 4 is 16.2 Å². The molecule has 0 heterocycles. The highest BCUT2D eigenvalue weighted by molar-refractivity contribution is 7.91. The Morgan fingerprint density at radius 2 is 2.00 bits per heavy atom. The molecule has 0 amide bonds. The van der Waals surface area contributed by atoms with E-state index >= 15 is 0 Å². The van der Waals surface area contributed by atoms with Crippen molar-refractivity contribution in [3.05, 3.63) is 35.4 Å². The van der Waals surface area contributed by atoms with E-state index in [9.17, 15) is 8.42 Å². The lowest BCUT2D eigenvalue weighted by atomic mass is 10.1. The molecule has 1 aromatic carbocycles. The van der Waals surface area contributed by atoms with Crippen LogP contribution in [0.3, 0.4) is 0 Å². The molecule has 1 aromatic rings. The quantitative estimate of drug-likeness (QED) is 0.755. The summed E-state index contributed by atoms with van der Waals surface area (Å²) in [6.07, 6.45) is 1.27. The van der Waals surface area contributed by atoms with Crippen LogP contribution in [0.25, 0.3) is 0 Å². The molecule has 0 aliphatic carbocycles. The maximum Gasteiger partial charge on any atom is 0.258 e. The van der Waals surface area contributed by atoms with Crippen LogP contribution in [-0.2, 0) is 10.0 Å². The Bertz CT molecular complexity index is 575. The van der Waals surface area contributed by atoms with Gasteiger partial charge in [0.2, 0.25) is 0 Å². The van der Waals surface area contributed by atoms with Crippen LogP contribution in [-0.4, -0.2) is 19.4 Å². The number of rotatable bonds is 2. The fourth-order valence-corrected chi connectivity index (χ4v) is 1.55. The van der Waals surface area contributed by atoms with Gasteiger partial charge in [0, 0.05) is 6.21 Å². The molecule has 0 saturated carbocycles. The van der Waals surface area contributed by atoms with Gasteiger partial charge in [-0.05, 0) is 38.5 Å². The van der Waals surface area contributed by atoms with Crippen molar-refractivity contribution in [2.75, 3.05) is 0 Å². The normalized spacial score (nSPS) is 12.6. The zero-order valence-electron chi connectivity index (χ0n) is 10.0. The third-order valence-electron chi connectivity index (χ3n) is 2.13. The van der Waals surface area contributed by atoms with E-state index in [0.29, 0.717) is 11.1 Å². The highest BCUT2D eigenvalue weighted by Crippen LogP contribution is 2.16. The Morgan fingerprint density at radius 3 is 2.53 bits per heavy atom. The minimum atomic E-state index is -3.53. The van der Waals surface area contributed by atoms with E-state index in [0.717, 1.165) is 0 Å². The number of hydrogen-bond acceptors (Lipinski definition) is 3. The highest BCUT2D eigenvalue weighted by Gasteiger charge is 2.27. The van der Waals surface area contributed by atoms with Gasteiger partial charge in [-0.25, -0.2) is 8.42 Å². The first-order valence-corrected chi connectivity index (χ1v) is 6.50. The summed E-state index contributed by atoms with van der Waals surface area (Å²) in [5.41, 5.74) is 1.07. The molecule has 0 bridgehead atoms. The maximum absolute atomic E-state index is 11.7. The second kappa shape index (κ2) is 4.68. The fourth-order valence-electron chi connectivity index (χ4n) is 0.977. The van der Waals surface area contributed by atoms with Gasteiger partial charge in [0.25, 0.3) is 10.0 Å². The van der Waals surface area contributed by atoms with E-state index in [1.807, 2.05) is 6.07 Å². The largest absolute Gasteiger partial charge is 0.258 e. The summed E-state index contributed by atoms with van der Waals surface area (Å²) in [7, 11) is -3.53. The third-order valence-corrected chi connectivity index (χ3v) is 4.06. The molecule has 0 aliphatic heterocycles. The summed E-state index contributed by atoms with van der Waals surface area (Å²) < 4.78 is 26.1.